The maximum atomic E-state index is 12.2. The molecule has 0 amide bonds. The lowest BCUT2D eigenvalue weighted by Gasteiger charge is -2.42. The molecule has 1 atom stereocenters. The van der Waals surface area contributed by atoms with Crippen LogP contribution in [-0.2, 0) is 22.5 Å². The standard InChI is InChI=1S/C37H38Cl2N4O5/c1-4-48-37(45)23-16-43(17-23)31-12-11-21-13-22(14-32(46-2)33(21)31)25-7-5-8-26(34(25)38)27-9-6-10-28(35(27)39)29-15-40-30(36(41-29)47-3)20-42-18-24(44)19-42/h5-10,13-15,23-24,31,44H,4,11-12,16-20H2,1-3H3/t31-/m0/s1. The molecule has 3 heterocycles. The monoisotopic (exact) mass is 688 g/mol. The number of aromatic nitrogens is 2. The Hall–Kier alpha value is -3.73. The van der Waals surface area contributed by atoms with Crippen LogP contribution in [0.2, 0.25) is 10.0 Å². The summed E-state index contributed by atoms with van der Waals surface area (Å²) >= 11 is 14.3. The van der Waals surface area contributed by atoms with Crippen LogP contribution in [0.15, 0.2) is 54.7 Å². The summed E-state index contributed by atoms with van der Waals surface area (Å²) in [6, 6.07) is 16.3. The van der Waals surface area contributed by atoms with Crippen molar-refractivity contribution < 1.29 is 24.1 Å². The Kier molecular flexibility index (Phi) is 9.32. The van der Waals surface area contributed by atoms with Crippen molar-refractivity contribution in [1.82, 2.24) is 19.8 Å². The van der Waals surface area contributed by atoms with Crippen molar-refractivity contribution in [3.05, 3.63) is 81.6 Å². The van der Waals surface area contributed by atoms with Crippen LogP contribution in [0.3, 0.4) is 0 Å². The number of esters is 1. The summed E-state index contributed by atoms with van der Waals surface area (Å²) in [4.78, 5) is 26.0. The van der Waals surface area contributed by atoms with E-state index in [-0.39, 0.29) is 24.0 Å². The van der Waals surface area contributed by atoms with Crippen molar-refractivity contribution in [2.45, 2.75) is 38.5 Å². The molecular formula is C37H38Cl2N4O5. The van der Waals surface area contributed by atoms with E-state index in [2.05, 4.69) is 26.9 Å². The molecule has 250 valence electrons. The fourth-order valence-electron chi connectivity index (χ4n) is 7.15. The van der Waals surface area contributed by atoms with E-state index in [1.54, 1.807) is 20.4 Å². The molecular weight excluding hydrogens is 651 g/mol. The minimum atomic E-state index is -0.295. The Bertz CT molecular complexity index is 1860. The number of hydrogen-bond acceptors (Lipinski definition) is 9. The second kappa shape index (κ2) is 13.6. The van der Waals surface area contributed by atoms with E-state index < -0.39 is 0 Å². The summed E-state index contributed by atoms with van der Waals surface area (Å²) in [5, 5.41) is 10.7. The third kappa shape index (κ3) is 6.03. The number of rotatable bonds is 10. The number of halogens is 2. The quantitative estimate of drug-likeness (QED) is 0.188. The summed E-state index contributed by atoms with van der Waals surface area (Å²) in [6.07, 6.45) is 3.30. The maximum Gasteiger partial charge on any atom is 0.311 e. The van der Waals surface area contributed by atoms with E-state index in [0.717, 1.165) is 40.8 Å². The lowest BCUT2D eigenvalue weighted by Crippen LogP contribution is -2.51. The molecule has 0 bridgehead atoms. The number of methoxy groups -OCH3 is 2. The molecule has 0 unspecified atom stereocenters. The molecule has 3 aliphatic rings. The highest BCUT2D eigenvalue weighted by atomic mass is 35.5. The van der Waals surface area contributed by atoms with Gasteiger partial charge in [0.05, 0.1) is 54.8 Å². The minimum Gasteiger partial charge on any atom is -0.496 e. The van der Waals surface area contributed by atoms with Crippen molar-refractivity contribution in [2.24, 2.45) is 5.92 Å². The van der Waals surface area contributed by atoms with Crippen molar-refractivity contribution in [1.29, 1.82) is 0 Å². The summed E-state index contributed by atoms with van der Waals surface area (Å²) in [6.45, 7) is 5.42. The second-order valence-electron chi connectivity index (χ2n) is 12.6. The molecule has 1 aliphatic carbocycles. The van der Waals surface area contributed by atoms with Crippen molar-refractivity contribution in [3.8, 4) is 45.1 Å². The number of aliphatic hydroxyl groups is 1. The van der Waals surface area contributed by atoms with Crippen LogP contribution in [0.4, 0.5) is 0 Å². The largest absolute Gasteiger partial charge is 0.496 e. The van der Waals surface area contributed by atoms with Gasteiger partial charge in [0.2, 0.25) is 5.88 Å². The molecule has 1 aromatic heterocycles. The number of carbonyl (C=O) groups is 1. The van der Waals surface area contributed by atoms with Crippen molar-refractivity contribution in [2.75, 3.05) is 47.0 Å². The number of β-amino-alcohol motifs (C(OH)–C–C–N with tert-alkyl or cyclic N) is 1. The number of likely N-dealkylation sites (tertiary alicyclic amines) is 2. The fourth-order valence-corrected chi connectivity index (χ4v) is 7.82. The first-order valence-electron chi connectivity index (χ1n) is 16.3. The molecule has 0 saturated carbocycles. The van der Waals surface area contributed by atoms with Gasteiger partial charge in [0.15, 0.2) is 0 Å². The number of carbonyl (C=O) groups excluding carboxylic acids is 1. The number of benzene rings is 3. The van der Waals surface area contributed by atoms with Gasteiger partial charge in [-0.15, -0.1) is 0 Å². The van der Waals surface area contributed by atoms with Crippen LogP contribution in [0.5, 0.6) is 11.6 Å². The lowest BCUT2D eigenvalue weighted by atomic mass is 9.92. The summed E-state index contributed by atoms with van der Waals surface area (Å²) < 4.78 is 16.8. The minimum absolute atomic E-state index is 0.0643. The second-order valence-corrected chi connectivity index (χ2v) is 13.4. The van der Waals surface area contributed by atoms with Gasteiger partial charge in [-0.3, -0.25) is 19.6 Å². The predicted molar refractivity (Wildman–Crippen MR) is 186 cm³/mol. The molecule has 0 radical (unpaired) electrons. The van der Waals surface area contributed by atoms with Crippen LogP contribution >= 0.6 is 23.2 Å². The molecule has 0 spiro atoms. The number of aryl methyl sites for hydroxylation is 1. The zero-order valence-corrected chi connectivity index (χ0v) is 28.7. The third-order valence-electron chi connectivity index (χ3n) is 9.63. The highest BCUT2D eigenvalue weighted by Crippen LogP contribution is 2.48. The van der Waals surface area contributed by atoms with E-state index >= 15 is 0 Å². The number of fused-ring (bicyclic) bond motifs is 1. The van der Waals surface area contributed by atoms with E-state index in [4.69, 9.17) is 42.4 Å². The summed E-state index contributed by atoms with van der Waals surface area (Å²) in [5.41, 5.74) is 7.87. The fraction of sp³-hybridized carbons (Fsp3) is 0.378. The van der Waals surface area contributed by atoms with Crippen LogP contribution in [0, 0.1) is 5.92 Å². The highest BCUT2D eigenvalue weighted by Gasteiger charge is 2.41. The number of ether oxygens (including phenoxy) is 3. The number of nitrogens with zero attached hydrogens (tertiary/aromatic N) is 4. The van der Waals surface area contributed by atoms with Crippen LogP contribution in [-0.4, -0.2) is 84.0 Å². The van der Waals surface area contributed by atoms with Gasteiger partial charge < -0.3 is 19.3 Å². The van der Waals surface area contributed by atoms with Gasteiger partial charge in [0.1, 0.15) is 11.4 Å². The topological polar surface area (TPSA) is 97.3 Å². The zero-order valence-electron chi connectivity index (χ0n) is 27.2. The van der Waals surface area contributed by atoms with Crippen molar-refractivity contribution in [3.63, 3.8) is 0 Å². The molecule has 1 N–H and O–H groups in total. The Labute approximate surface area is 290 Å². The average Bonchev–Trinajstić information content (AvgIpc) is 3.47. The van der Waals surface area contributed by atoms with Crippen molar-refractivity contribution >= 4 is 29.2 Å². The Morgan fingerprint density at radius 1 is 0.958 bits per heavy atom. The third-order valence-corrected chi connectivity index (χ3v) is 10.4. The number of aliphatic hydroxyl groups excluding tert-OH is 1. The summed E-state index contributed by atoms with van der Waals surface area (Å²) in [5.74, 6) is 1.08. The van der Waals surface area contributed by atoms with Gasteiger partial charge in [-0.25, -0.2) is 4.98 Å². The predicted octanol–water partition coefficient (Wildman–Crippen LogP) is 6.46. The van der Waals surface area contributed by atoms with E-state index in [1.165, 1.54) is 11.1 Å². The molecule has 3 aromatic carbocycles. The van der Waals surface area contributed by atoms with Crippen LogP contribution in [0.1, 0.15) is 36.2 Å². The Balaban J connectivity index is 1.17. The molecule has 11 heteroatoms. The van der Waals surface area contributed by atoms with E-state index in [1.807, 2.05) is 43.3 Å². The molecule has 2 saturated heterocycles. The average molecular weight is 690 g/mol. The van der Waals surface area contributed by atoms with Gasteiger partial charge in [0.25, 0.3) is 0 Å². The van der Waals surface area contributed by atoms with Gasteiger partial charge >= 0.3 is 5.97 Å². The first-order valence-corrected chi connectivity index (χ1v) is 17.0. The normalized spacial score (nSPS) is 18.2. The first-order chi connectivity index (χ1) is 23.3. The summed E-state index contributed by atoms with van der Waals surface area (Å²) in [7, 11) is 3.28. The van der Waals surface area contributed by atoms with E-state index in [0.29, 0.717) is 72.2 Å². The van der Waals surface area contributed by atoms with Gasteiger partial charge in [-0.05, 0) is 37.0 Å². The van der Waals surface area contributed by atoms with Crippen LogP contribution in [0.25, 0.3) is 33.5 Å². The molecule has 2 aliphatic heterocycles. The molecule has 2 fully saturated rings. The zero-order chi connectivity index (χ0) is 33.5. The first kappa shape index (κ1) is 32.8. The lowest BCUT2D eigenvalue weighted by molar-refractivity contribution is -0.155. The molecule has 7 rings (SSSR count). The Morgan fingerprint density at radius 2 is 1.65 bits per heavy atom. The van der Waals surface area contributed by atoms with Crippen LogP contribution < -0.4 is 9.47 Å². The maximum absolute atomic E-state index is 12.2. The number of hydrogen-bond donors (Lipinski definition) is 1. The Morgan fingerprint density at radius 3 is 2.31 bits per heavy atom. The van der Waals surface area contributed by atoms with Gasteiger partial charge in [-0.2, -0.15) is 0 Å². The molecule has 9 nitrogen and oxygen atoms in total. The molecule has 48 heavy (non-hydrogen) atoms. The van der Waals surface area contributed by atoms with E-state index in [9.17, 15) is 9.90 Å². The van der Waals surface area contributed by atoms with Gasteiger partial charge in [-0.1, -0.05) is 65.7 Å². The SMILES string of the molecule is CCOC(=O)C1CN([C@H]2CCc3cc(-c4cccc(-c5cccc(-c6cnc(CN7CC(O)C7)c(OC)n6)c5Cl)c4Cl)cc(OC)c32)C1. The smallest absolute Gasteiger partial charge is 0.311 e. The highest BCUT2D eigenvalue weighted by molar-refractivity contribution is 6.39. The molecule has 4 aromatic rings. The van der Waals surface area contributed by atoms with Gasteiger partial charge in [0, 0.05) is 66.6 Å².